The first-order valence-electron chi connectivity index (χ1n) is 4.87. The molecular weight excluding hydrogens is 192 g/mol. The highest BCUT2D eigenvalue weighted by Gasteiger charge is 2.08. The van der Waals surface area contributed by atoms with Crippen molar-refractivity contribution in [2.75, 3.05) is 17.6 Å². The van der Waals surface area contributed by atoms with E-state index in [0.29, 0.717) is 5.92 Å². The second-order valence-corrected chi connectivity index (χ2v) is 3.88. The minimum absolute atomic E-state index is 0.142. The van der Waals surface area contributed by atoms with Crippen molar-refractivity contribution in [2.24, 2.45) is 5.92 Å². The average molecular weight is 208 g/mol. The molecule has 0 aliphatic heterocycles. The van der Waals surface area contributed by atoms with E-state index in [4.69, 9.17) is 10.8 Å². The van der Waals surface area contributed by atoms with Crippen LogP contribution >= 0.6 is 0 Å². The molecule has 82 valence electrons. The number of anilines is 2. The maximum atomic E-state index is 10.8. The van der Waals surface area contributed by atoms with Crippen molar-refractivity contribution in [3.63, 3.8) is 0 Å². The van der Waals surface area contributed by atoms with Crippen LogP contribution in [0.5, 0.6) is 0 Å². The van der Waals surface area contributed by atoms with Crippen LogP contribution in [-0.2, 0) is 0 Å². The van der Waals surface area contributed by atoms with Crippen LogP contribution < -0.4 is 11.1 Å². The molecule has 1 aromatic rings. The van der Waals surface area contributed by atoms with Crippen molar-refractivity contribution < 1.29 is 9.90 Å². The molecule has 0 saturated heterocycles. The van der Waals surface area contributed by atoms with E-state index in [-0.39, 0.29) is 11.3 Å². The van der Waals surface area contributed by atoms with Crippen LogP contribution in [0.3, 0.4) is 0 Å². The van der Waals surface area contributed by atoms with Gasteiger partial charge in [0.1, 0.15) is 0 Å². The van der Waals surface area contributed by atoms with E-state index < -0.39 is 5.97 Å². The number of nitrogen functional groups attached to an aromatic ring is 1. The summed E-state index contributed by atoms with van der Waals surface area (Å²) < 4.78 is 0. The van der Waals surface area contributed by atoms with Crippen LogP contribution in [0.25, 0.3) is 0 Å². The first-order valence-corrected chi connectivity index (χ1v) is 4.87. The van der Waals surface area contributed by atoms with Crippen LogP contribution in [-0.4, -0.2) is 17.6 Å². The summed E-state index contributed by atoms with van der Waals surface area (Å²) in [6.07, 6.45) is 0. The van der Waals surface area contributed by atoms with Gasteiger partial charge in [0.2, 0.25) is 0 Å². The standard InChI is InChI=1S/C11H16N2O2/c1-7(2)6-13-8-3-4-10(12)9(5-8)11(14)15/h3-5,7,13H,6,12H2,1-2H3,(H,14,15). The molecule has 4 nitrogen and oxygen atoms in total. The predicted octanol–water partition coefficient (Wildman–Crippen LogP) is 2.03. The number of aromatic carboxylic acids is 1. The summed E-state index contributed by atoms with van der Waals surface area (Å²) in [7, 11) is 0. The molecular formula is C11H16N2O2. The molecule has 0 radical (unpaired) electrons. The zero-order valence-electron chi connectivity index (χ0n) is 8.95. The summed E-state index contributed by atoms with van der Waals surface area (Å²) in [5.41, 5.74) is 6.76. The molecule has 4 heteroatoms. The second-order valence-electron chi connectivity index (χ2n) is 3.88. The Kier molecular flexibility index (Phi) is 3.55. The van der Waals surface area contributed by atoms with Crippen molar-refractivity contribution in [1.29, 1.82) is 0 Å². The van der Waals surface area contributed by atoms with Gasteiger partial charge in [-0.05, 0) is 24.1 Å². The fraction of sp³-hybridized carbons (Fsp3) is 0.364. The minimum Gasteiger partial charge on any atom is -0.478 e. The van der Waals surface area contributed by atoms with Gasteiger partial charge in [-0.25, -0.2) is 4.79 Å². The zero-order valence-corrected chi connectivity index (χ0v) is 8.95. The van der Waals surface area contributed by atoms with Gasteiger partial charge in [-0.15, -0.1) is 0 Å². The van der Waals surface area contributed by atoms with Crippen LogP contribution in [0.2, 0.25) is 0 Å². The van der Waals surface area contributed by atoms with Gasteiger partial charge in [0.15, 0.2) is 0 Å². The highest BCUT2D eigenvalue weighted by Crippen LogP contribution is 2.18. The van der Waals surface area contributed by atoms with Crippen molar-refractivity contribution in [2.45, 2.75) is 13.8 Å². The Morgan fingerprint density at radius 3 is 2.73 bits per heavy atom. The number of carbonyl (C=O) groups is 1. The Bertz CT molecular complexity index is 362. The number of hydrogen-bond acceptors (Lipinski definition) is 3. The van der Waals surface area contributed by atoms with Gasteiger partial charge in [0.25, 0.3) is 0 Å². The van der Waals surface area contributed by atoms with E-state index in [0.717, 1.165) is 12.2 Å². The number of nitrogens with one attached hydrogen (secondary N) is 1. The Morgan fingerprint density at radius 1 is 1.53 bits per heavy atom. The summed E-state index contributed by atoms with van der Waals surface area (Å²) in [5.74, 6) is -0.489. The number of benzene rings is 1. The lowest BCUT2D eigenvalue weighted by Crippen LogP contribution is -2.09. The van der Waals surface area contributed by atoms with Gasteiger partial charge >= 0.3 is 5.97 Å². The fourth-order valence-corrected chi connectivity index (χ4v) is 1.17. The number of carboxylic acids is 1. The Hall–Kier alpha value is -1.71. The first-order chi connectivity index (χ1) is 7.00. The average Bonchev–Trinajstić information content (AvgIpc) is 2.16. The predicted molar refractivity (Wildman–Crippen MR) is 61.1 cm³/mol. The zero-order chi connectivity index (χ0) is 11.4. The third kappa shape index (κ3) is 3.16. The summed E-state index contributed by atoms with van der Waals surface area (Å²) >= 11 is 0. The van der Waals surface area contributed by atoms with Gasteiger partial charge in [0.05, 0.1) is 5.56 Å². The molecule has 0 saturated carbocycles. The first kappa shape index (κ1) is 11.4. The van der Waals surface area contributed by atoms with Gasteiger partial charge in [0, 0.05) is 17.9 Å². The van der Waals surface area contributed by atoms with Crippen LogP contribution in [0.1, 0.15) is 24.2 Å². The van der Waals surface area contributed by atoms with Gasteiger partial charge in [-0.3, -0.25) is 0 Å². The van der Waals surface area contributed by atoms with E-state index in [1.807, 2.05) is 0 Å². The Labute approximate surface area is 89.1 Å². The number of rotatable bonds is 4. The maximum absolute atomic E-state index is 10.8. The maximum Gasteiger partial charge on any atom is 0.337 e. The molecule has 0 heterocycles. The molecule has 0 fully saturated rings. The molecule has 15 heavy (non-hydrogen) atoms. The number of hydrogen-bond donors (Lipinski definition) is 3. The molecule has 0 amide bonds. The number of carboxylic acid groups (broad SMARTS) is 1. The molecule has 1 rings (SSSR count). The van der Waals surface area contributed by atoms with E-state index in [2.05, 4.69) is 19.2 Å². The number of nitrogens with two attached hydrogens (primary N) is 1. The van der Waals surface area contributed by atoms with Crippen LogP contribution in [0.15, 0.2) is 18.2 Å². The molecule has 0 aromatic heterocycles. The molecule has 0 bridgehead atoms. The molecule has 1 aromatic carbocycles. The molecule has 4 N–H and O–H groups in total. The topological polar surface area (TPSA) is 75.3 Å². The SMILES string of the molecule is CC(C)CNc1ccc(N)c(C(=O)O)c1. The lowest BCUT2D eigenvalue weighted by Gasteiger charge is -2.10. The van der Waals surface area contributed by atoms with E-state index in [9.17, 15) is 4.79 Å². The van der Waals surface area contributed by atoms with Crippen molar-refractivity contribution in [3.05, 3.63) is 23.8 Å². The quantitative estimate of drug-likeness (QED) is 0.662. The third-order valence-electron chi connectivity index (χ3n) is 2.00. The summed E-state index contributed by atoms with van der Waals surface area (Å²) in [6, 6.07) is 4.94. The Morgan fingerprint density at radius 2 is 2.20 bits per heavy atom. The highest BCUT2D eigenvalue weighted by atomic mass is 16.4. The van der Waals surface area contributed by atoms with E-state index >= 15 is 0 Å². The second kappa shape index (κ2) is 4.68. The monoisotopic (exact) mass is 208 g/mol. The van der Waals surface area contributed by atoms with Gasteiger partial charge in [-0.2, -0.15) is 0 Å². The smallest absolute Gasteiger partial charge is 0.337 e. The minimum atomic E-state index is -0.999. The summed E-state index contributed by atoms with van der Waals surface area (Å²) in [4.78, 5) is 10.8. The van der Waals surface area contributed by atoms with Gasteiger partial charge < -0.3 is 16.2 Å². The van der Waals surface area contributed by atoms with Crippen LogP contribution in [0.4, 0.5) is 11.4 Å². The third-order valence-corrected chi connectivity index (χ3v) is 2.00. The molecule has 0 unspecified atom stereocenters. The van der Waals surface area contributed by atoms with E-state index in [1.165, 1.54) is 0 Å². The van der Waals surface area contributed by atoms with Crippen molar-refractivity contribution in [1.82, 2.24) is 0 Å². The van der Waals surface area contributed by atoms with Gasteiger partial charge in [-0.1, -0.05) is 13.8 Å². The fourth-order valence-electron chi connectivity index (χ4n) is 1.17. The molecule has 0 aliphatic carbocycles. The highest BCUT2D eigenvalue weighted by molar-refractivity contribution is 5.94. The largest absolute Gasteiger partial charge is 0.478 e. The van der Waals surface area contributed by atoms with Crippen molar-refractivity contribution in [3.8, 4) is 0 Å². The lowest BCUT2D eigenvalue weighted by atomic mass is 10.1. The Balaban J connectivity index is 2.83. The van der Waals surface area contributed by atoms with E-state index in [1.54, 1.807) is 18.2 Å². The molecule has 0 spiro atoms. The lowest BCUT2D eigenvalue weighted by molar-refractivity contribution is 0.0698. The normalized spacial score (nSPS) is 10.3. The summed E-state index contributed by atoms with van der Waals surface area (Å²) in [5, 5.41) is 12.0. The van der Waals surface area contributed by atoms with Crippen molar-refractivity contribution >= 4 is 17.3 Å². The summed E-state index contributed by atoms with van der Waals surface area (Å²) in [6.45, 7) is 4.98. The molecule has 0 aliphatic rings. The molecule has 0 atom stereocenters. The van der Waals surface area contributed by atoms with Crippen LogP contribution in [0, 0.1) is 5.92 Å².